The molecule has 0 unspecified atom stereocenters. The zero-order chi connectivity index (χ0) is 9.97. The molecule has 14 heavy (non-hydrogen) atoms. The summed E-state index contributed by atoms with van der Waals surface area (Å²) < 4.78 is 0. The van der Waals surface area contributed by atoms with Crippen molar-refractivity contribution in [1.29, 1.82) is 0 Å². The first-order chi connectivity index (χ1) is 6.77. The van der Waals surface area contributed by atoms with Gasteiger partial charge in [-0.3, -0.25) is 5.10 Å². The zero-order valence-corrected chi connectivity index (χ0v) is 7.27. The van der Waals surface area contributed by atoms with E-state index in [1.54, 1.807) is 12.3 Å². The molecule has 0 bridgehead atoms. The van der Waals surface area contributed by atoms with E-state index in [9.17, 15) is 4.79 Å². The summed E-state index contributed by atoms with van der Waals surface area (Å²) in [4.78, 5) is 10.3. The normalized spacial score (nSPS) is 11.1. The quantitative estimate of drug-likeness (QED) is 0.704. The zero-order valence-electron chi connectivity index (χ0n) is 7.27. The highest BCUT2D eigenvalue weighted by atomic mass is 16.4. The summed E-state index contributed by atoms with van der Waals surface area (Å²) in [5.41, 5.74) is 1.75. The van der Waals surface area contributed by atoms with Crippen molar-refractivity contribution < 1.29 is 9.90 Å². The Morgan fingerprint density at radius 2 is 2.36 bits per heavy atom. The van der Waals surface area contributed by atoms with Gasteiger partial charge in [0.15, 0.2) is 0 Å². The molecule has 0 radical (unpaired) electrons. The Kier molecular flexibility index (Phi) is 2.02. The van der Waals surface area contributed by atoms with Crippen LogP contribution >= 0.6 is 0 Å². The molecule has 0 atom stereocenters. The molecule has 0 fully saturated rings. The van der Waals surface area contributed by atoms with Gasteiger partial charge in [0, 0.05) is 11.5 Å². The first kappa shape index (κ1) is 8.50. The molecule has 0 saturated carbocycles. The van der Waals surface area contributed by atoms with E-state index < -0.39 is 5.97 Å². The fourth-order valence-corrected chi connectivity index (χ4v) is 1.30. The van der Waals surface area contributed by atoms with Crippen LogP contribution in [0.15, 0.2) is 30.5 Å². The number of benzene rings is 1. The highest BCUT2D eigenvalue weighted by molar-refractivity contribution is 5.92. The van der Waals surface area contributed by atoms with E-state index in [-0.39, 0.29) is 0 Å². The molecule has 0 aliphatic rings. The monoisotopic (exact) mass is 188 g/mol. The average Bonchev–Trinajstić information content (AvgIpc) is 2.62. The van der Waals surface area contributed by atoms with Gasteiger partial charge in [-0.1, -0.05) is 12.1 Å². The van der Waals surface area contributed by atoms with E-state index in [2.05, 4.69) is 10.2 Å². The SMILES string of the molecule is O=C(O)C=Cc1cccc2[nH]ncc12. The molecule has 4 heteroatoms. The molecule has 1 aromatic heterocycles. The molecule has 0 aliphatic carbocycles. The van der Waals surface area contributed by atoms with Crippen molar-refractivity contribution in [3.63, 3.8) is 0 Å². The van der Waals surface area contributed by atoms with E-state index >= 15 is 0 Å². The molecule has 2 N–H and O–H groups in total. The molecule has 70 valence electrons. The minimum atomic E-state index is -0.953. The molecule has 0 spiro atoms. The van der Waals surface area contributed by atoms with Crippen LogP contribution in [0.4, 0.5) is 0 Å². The van der Waals surface area contributed by atoms with Crippen LogP contribution in [0.3, 0.4) is 0 Å². The second kappa shape index (κ2) is 3.33. The number of aromatic nitrogens is 2. The first-order valence-corrected chi connectivity index (χ1v) is 4.10. The van der Waals surface area contributed by atoms with Crippen molar-refractivity contribution in [3.8, 4) is 0 Å². The smallest absolute Gasteiger partial charge is 0.328 e. The molecule has 2 aromatic rings. The summed E-state index contributed by atoms with van der Waals surface area (Å²) in [5.74, 6) is -0.953. The second-order valence-electron chi connectivity index (χ2n) is 2.85. The van der Waals surface area contributed by atoms with Crippen LogP contribution in [0.5, 0.6) is 0 Å². The second-order valence-corrected chi connectivity index (χ2v) is 2.85. The number of hydrogen-bond acceptors (Lipinski definition) is 2. The molecule has 0 aliphatic heterocycles. The highest BCUT2D eigenvalue weighted by Crippen LogP contribution is 2.16. The van der Waals surface area contributed by atoms with Gasteiger partial charge in [-0.25, -0.2) is 4.79 Å². The first-order valence-electron chi connectivity index (χ1n) is 4.10. The Morgan fingerprint density at radius 1 is 1.50 bits per heavy atom. The van der Waals surface area contributed by atoms with Crippen molar-refractivity contribution in [3.05, 3.63) is 36.0 Å². The number of hydrogen-bond donors (Lipinski definition) is 2. The van der Waals surface area contributed by atoms with Gasteiger partial charge in [0.05, 0.1) is 11.7 Å². The predicted molar refractivity (Wildman–Crippen MR) is 52.8 cm³/mol. The van der Waals surface area contributed by atoms with E-state index in [0.717, 1.165) is 22.5 Å². The maximum atomic E-state index is 10.3. The van der Waals surface area contributed by atoms with Crippen LogP contribution < -0.4 is 0 Å². The lowest BCUT2D eigenvalue weighted by Crippen LogP contribution is -1.85. The van der Waals surface area contributed by atoms with Gasteiger partial charge in [-0.05, 0) is 17.7 Å². The van der Waals surface area contributed by atoms with E-state index in [1.807, 2.05) is 18.2 Å². The maximum Gasteiger partial charge on any atom is 0.328 e. The summed E-state index contributed by atoms with van der Waals surface area (Å²) in [6.45, 7) is 0. The van der Waals surface area contributed by atoms with Gasteiger partial charge in [-0.2, -0.15) is 5.10 Å². The third-order valence-electron chi connectivity index (χ3n) is 1.92. The standard InChI is InChI=1S/C10H8N2O2/c13-10(14)5-4-7-2-1-3-9-8(7)6-11-12-9/h1-6H,(H,11,12)(H,13,14). The Hall–Kier alpha value is -2.10. The third-order valence-corrected chi connectivity index (χ3v) is 1.92. The van der Waals surface area contributed by atoms with Crippen LogP contribution in [0.1, 0.15) is 5.56 Å². The summed E-state index contributed by atoms with van der Waals surface area (Å²) in [6, 6.07) is 5.58. The number of nitrogens with one attached hydrogen (secondary N) is 1. The number of nitrogens with zero attached hydrogens (tertiary/aromatic N) is 1. The molecule has 1 aromatic carbocycles. The number of aromatic amines is 1. The van der Waals surface area contributed by atoms with Crippen molar-refractivity contribution in [2.45, 2.75) is 0 Å². The lowest BCUT2D eigenvalue weighted by Gasteiger charge is -1.93. The van der Waals surface area contributed by atoms with E-state index in [1.165, 1.54) is 0 Å². The Bertz CT molecular complexity index is 500. The van der Waals surface area contributed by atoms with Crippen LogP contribution in [0, 0.1) is 0 Å². The molecule has 2 rings (SSSR count). The number of carboxylic acids is 1. The van der Waals surface area contributed by atoms with Crippen molar-refractivity contribution in [1.82, 2.24) is 10.2 Å². The van der Waals surface area contributed by atoms with Gasteiger partial charge < -0.3 is 5.11 Å². The van der Waals surface area contributed by atoms with Crippen molar-refractivity contribution >= 4 is 22.9 Å². The predicted octanol–water partition coefficient (Wildman–Crippen LogP) is 1.66. The number of carbonyl (C=O) groups is 1. The summed E-state index contributed by atoms with van der Waals surface area (Å²) in [6.07, 6.45) is 4.35. The molecular formula is C10H8N2O2. The van der Waals surface area contributed by atoms with Crippen LogP contribution in [0.2, 0.25) is 0 Å². The van der Waals surface area contributed by atoms with Gasteiger partial charge in [-0.15, -0.1) is 0 Å². The van der Waals surface area contributed by atoms with Crippen molar-refractivity contribution in [2.24, 2.45) is 0 Å². The maximum absolute atomic E-state index is 10.3. The molecule has 0 amide bonds. The number of aliphatic carboxylic acids is 1. The Labute approximate surface area is 79.9 Å². The van der Waals surface area contributed by atoms with Crippen LogP contribution in [-0.4, -0.2) is 21.3 Å². The number of fused-ring (bicyclic) bond motifs is 1. The van der Waals surface area contributed by atoms with Gasteiger partial charge >= 0.3 is 5.97 Å². The Morgan fingerprint density at radius 3 is 3.14 bits per heavy atom. The van der Waals surface area contributed by atoms with Crippen LogP contribution in [-0.2, 0) is 4.79 Å². The highest BCUT2D eigenvalue weighted by Gasteiger charge is 1.98. The van der Waals surface area contributed by atoms with Gasteiger partial charge in [0.25, 0.3) is 0 Å². The van der Waals surface area contributed by atoms with Crippen molar-refractivity contribution in [2.75, 3.05) is 0 Å². The number of rotatable bonds is 2. The molecule has 1 heterocycles. The molecule has 4 nitrogen and oxygen atoms in total. The topological polar surface area (TPSA) is 66.0 Å². The number of H-pyrrole nitrogens is 1. The summed E-state index contributed by atoms with van der Waals surface area (Å²) in [5, 5.41) is 16.1. The minimum Gasteiger partial charge on any atom is -0.478 e. The van der Waals surface area contributed by atoms with Gasteiger partial charge in [0.2, 0.25) is 0 Å². The lowest BCUT2D eigenvalue weighted by molar-refractivity contribution is -0.131. The summed E-state index contributed by atoms with van der Waals surface area (Å²) in [7, 11) is 0. The third kappa shape index (κ3) is 1.50. The molecule has 0 saturated heterocycles. The van der Waals surface area contributed by atoms with Crippen LogP contribution in [0.25, 0.3) is 17.0 Å². The summed E-state index contributed by atoms with van der Waals surface area (Å²) >= 11 is 0. The number of carboxylic acid groups (broad SMARTS) is 1. The largest absolute Gasteiger partial charge is 0.478 e. The fourth-order valence-electron chi connectivity index (χ4n) is 1.30. The minimum absolute atomic E-state index is 0.846. The average molecular weight is 188 g/mol. The Balaban J connectivity index is 2.51. The fraction of sp³-hybridized carbons (Fsp3) is 0. The van der Waals surface area contributed by atoms with Gasteiger partial charge in [0.1, 0.15) is 0 Å². The lowest BCUT2D eigenvalue weighted by atomic mass is 10.1. The van der Waals surface area contributed by atoms with E-state index in [4.69, 9.17) is 5.11 Å². The van der Waals surface area contributed by atoms with E-state index in [0.29, 0.717) is 0 Å². The molecular weight excluding hydrogens is 180 g/mol.